The van der Waals surface area contributed by atoms with Gasteiger partial charge in [-0.15, -0.1) is 0 Å². The van der Waals surface area contributed by atoms with Gasteiger partial charge in [0.2, 0.25) is 5.95 Å². The van der Waals surface area contributed by atoms with Crippen molar-refractivity contribution in [1.82, 2.24) is 14.8 Å². The molecular weight excluding hydrogens is 288 g/mol. The average Bonchev–Trinajstić information content (AvgIpc) is 3.10. The molecule has 2 heterocycles. The van der Waals surface area contributed by atoms with Crippen molar-refractivity contribution in [3.8, 4) is 5.75 Å². The Labute approximate surface area is 134 Å². The van der Waals surface area contributed by atoms with E-state index in [1.54, 1.807) is 13.4 Å². The van der Waals surface area contributed by atoms with E-state index in [1.165, 1.54) is 11.1 Å². The van der Waals surface area contributed by atoms with E-state index in [2.05, 4.69) is 51.8 Å². The Kier molecular flexibility index (Phi) is 3.46. The molecule has 0 radical (unpaired) electrons. The summed E-state index contributed by atoms with van der Waals surface area (Å²) in [5.74, 6) is 1.68. The molecule has 0 aliphatic carbocycles. The van der Waals surface area contributed by atoms with E-state index in [-0.39, 0.29) is 12.1 Å². The van der Waals surface area contributed by atoms with Crippen LogP contribution < -0.4 is 10.1 Å². The smallest absolute Gasteiger partial charge is 0.222 e. The molecule has 1 aliphatic rings. The monoisotopic (exact) mass is 306 g/mol. The van der Waals surface area contributed by atoms with Gasteiger partial charge in [0.05, 0.1) is 19.2 Å². The highest BCUT2D eigenvalue weighted by atomic mass is 16.5. The van der Waals surface area contributed by atoms with Gasteiger partial charge >= 0.3 is 0 Å². The first kappa shape index (κ1) is 13.8. The van der Waals surface area contributed by atoms with Crippen LogP contribution in [-0.2, 0) is 0 Å². The standard InChI is InChI=1S/C18H18N4O/c1-23-15-9-7-13(8-10-15)16-11-17(14-5-3-2-4-6-14)22-18(21-16)19-12-20-22/h2-10,12,16-17H,11H2,1H3,(H,19,20,21)/t16-,17-/m0/s1. The first-order valence-corrected chi connectivity index (χ1v) is 7.70. The van der Waals surface area contributed by atoms with E-state index in [9.17, 15) is 0 Å². The number of nitrogens with one attached hydrogen (secondary N) is 1. The molecule has 2 aromatic carbocycles. The normalized spacial score (nSPS) is 19.7. The molecule has 0 fully saturated rings. The lowest BCUT2D eigenvalue weighted by Gasteiger charge is -2.31. The predicted molar refractivity (Wildman–Crippen MR) is 88.6 cm³/mol. The third-order valence-electron chi connectivity index (χ3n) is 4.33. The molecule has 23 heavy (non-hydrogen) atoms. The molecule has 0 saturated heterocycles. The number of anilines is 1. The fourth-order valence-corrected chi connectivity index (χ4v) is 3.13. The van der Waals surface area contributed by atoms with Crippen LogP contribution in [0.25, 0.3) is 0 Å². The fraction of sp³-hybridized carbons (Fsp3) is 0.222. The summed E-state index contributed by atoms with van der Waals surface area (Å²) < 4.78 is 7.21. The minimum absolute atomic E-state index is 0.182. The van der Waals surface area contributed by atoms with Crippen LogP contribution in [0.1, 0.15) is 29.6 Å². The SMILES string of the molecule is COc1ccc([C@@H]2C[C@@H](c3ccccc3)n3ncnc3N2)cc1. The number of rotatable bonds is 3. The zero-order chi connectivity index (χ0) is 15.6. The summed E-state index contributed by atoms with van der Waals surface area (Å²) >= 11 is 0. The van der Waals surface area contributed by atoms with E-state index < -0.39 is 0 Å². The zero-order valence-electron chi connectivity index (χ0n) is 12.9. The zero-order valence-corrected chi connectivity index (χ0v) is 12.9. The maximum Gasteiger partial charge on any atom is 0.222 e. The van der Waals surface area contributed by atoms with E-state index in [0.29, 0.717) is 0 Å². The Morgan fingerprint density at radius 2 is 1.83 bits per heavy atom. The highest BCUT2D eigenvalue weighted by Crippen LogP contribution is 2.37. The van der Waals surface area contributed by atoms with Gasteiger partial charge in [-0.05, 0) is 29.7 Å². The molecular formula is C18H18N4O. The number of hydrogen-bond donors (Lipinski definition) is 1. The van der Waals surface area contributed by atoms with Crippen LogP contribution >= 0.6 is 0 Å². The van der Waals surface area contributed by atoms with Crippen molar-refractivity contribution in [1.29, 1.82) is 0 Å². The summed E-state index contributed by atoms with van der Waals surface area (Å²) in [4.78, 5) is 4.36. The number of fused-ring (bicyclic) bond motifs is 1. The lowest BCUT2D eigenvalue weighted by atomic mass is 9.93. The number of aromatic nitrogens is 3. The molecule has 0 saturated carbocycles. The summed E-state index contributed by atoms with van der Waals surface area (Å²) in [6.07, 6.45) is 2.53. The Morgan fingerprint density at radius 3 is 2.57 bits per heavy atom. The van der Waals surface area contributed by atoms with Crippen molar-refractivity contribution in [2.75, 3.05) is 12.4 Å². The molecule has 0 spiro atoms. The Morgan fingerprint density at radius 1 is 1.04 bits per heavy atom. The summed E-state index contributed by atoms with van der Waals surface area (Å²) in [5, 5.41) is 7.87. The summed E-state index contributed by atoms with van der Waals surface area (Å²) in [6, 6.07) is 19.0. The second-order valence-corrected chi connectivity index (χ2v) is 5.66. The molecule has 116 valence electrons. The number of benzene rings is 2. The Hall–Kier alpha value is -2.82. The van der Waals surface area contributed by atoms with Gasteiger partial charge in [0.15, 0.2) is 0 Å². The van der Waals surface area contributed by atoms with Crippen LogP contribution in [-0.4, -0.2) is 21.9 Å². The summed E-state index contributed by atoms with van der Waals surface area (Å²) in [7, 11) is 1.68. The third kappa shape index (κ3) is 2.54. The highest BCUT2D eigenvalue weighted by molar-refractivity contribution is 5.39. The predicted octanol–water partition coefficient (Wildman–Crippen LogP) is 3.43. The van der Waals surface area contributed by atoms with Crippen LogP contribution in [0.3, 0.4) is 0 Å². The fourth-order valence-electron chi connectivity index (χ4n) is 3.13. The van der Waals surface area contributed by atoms with E-state index in [1.807, 2.05) is 22.9 Å². The van der Waals surface area contributed by atoms with Gasteiger partial charge in [-0.2, -0.15) is 10.1 Å². The van der Waals surface area contributed by atoms with Gasteiger partial charge in [0.1, 0.15) is 12.1 Å². The van der Waals surface area contributed by atoms with Crippen molar-refractivity contribution in [3.05, 3.63) is 72.1 Å². The van der Waals surface area contributed by atoms with Crippen molar-refractivity contribution < 1.29 is 4.74 Å². The van der Waals surface area contributed by atoms with Crippen molar-refractivity contribution in [3.63, 3.8) is 0 Å². The van der Waals surface area contributed by atoms with Gasteiger partial charge in [-0.25, -0.2) is 4.68 Å². The van der Waals surface area contributed by atoms with Crippen molar-refractivity contribution >= 4 is 5.95 Å². The Bertz CT molecular complexity index is 782. The minimum Gasteiger partial charge on any atom is -0.497 e. The summed E-state index contributed by atoms with van der Waals surface area (Å²) in [5.41, 5.74) is 2.47. The van der Waals surface area contributed by atoms with Crippen molar-refractivity contribution in [2.24, 2.45) is 0 Å². The molecule has 0 bridgehead atoms. The molecule has 1 aromatic heterocycles. The molecule has 1 N–H and O–H groups in total. The molecule has 2 atom stereocenters. The second kappa shape index (κ2) is 5.76. The molecule has 5 nitrogen and oxygen atoms in total. The van der Waals surface area contributed by atoms with Gasteiger partial charge in [0.25, 0.3) is 0 Å². The number of methoxy groups -OCH3 is 1. The van der Waals surface area contributed by atoms with Crippen molar-refractivity contribution in [2.45, 2.75) is 18.5 Å². The number of nitrogens with zero attached hydrogens (tertiary/aromatic N) is 3. The lowest BCUT2D eigenvalue weighted by molar-refractivity contribution is 0.413. The average molecular weight is 306 g/mol. The molecule has 0 unspecified atom stereocenters. The van der Waals surface area contributed by atoms with Crippen LogP contribution in [0.5, 0.6) is 5.75 Å². The third-order valence-corrected chi connectivity index (χ3v) is 4.33. The molecule has 4 rings (SSSR count). The number of ether oxygens (including phenoxy) is 1. The maximum absolute atomic E-state index is 5.24. The van der Waals surface area contributed by atoms with E-state index in [0.717, 1.165) is 18.1 Å². The van der Waals surface area contributed by atoms with Crippen LogP contribution in [0, 0.1) is 0 Å². The van der Waals surface area contributed by atoms with Gasteiger partial charge in [0, 0.05) is 0 Å². The Balaban J connectivity index is 1.69. The topological polar surface area (TPSA) is 52.0 Å². The molecule has 0 amide bonds. The van der Waals surface area contributed by atoms with Crippen LogP contribution in [0.4, 0.5) is 5.95 Å². The van der Waals surface area contributed by atoms with Gasteiger partial charge < -0.3 is 10.1 Å². The van der Waals surface area contributed by atoms with Gasteiger partial charge in [-0.1, -0.05) is 42.5 Å². The van der Waals surface area contributed by atoms with Crippen LogP contribution in [0.2, 0.25) is 0 Å². The molecule has 3 aromatic rings. The maximum atomic E-state index is 5.24. The quantitative estimate of drug-likeness (QED) is 0.805. The van der Waals surface area contributed by atoms with Crippen LogP contribution in [0.15, 0.2) is 60.9 Å². The second-order valence-electron chi connectivity index (χ2n) is 5.66. The summed E-state index contributed by atoms with van der Waals surface area (Å²) in [6.45, 7) is 0. The minimum atomic E-state index is 0.182. The first-order valence-electron chi connectivity index (χ1n) is 7.70. The highest BCUT2D eigenvalue weighted by Gasteiger charge is 2.29. The largest absolute Gasteiger partial charge is 0.497 e. The number of hydrogen-bond acceptors (Lipinski definition) is 4. The lowest BCUT2D eigenvalue weighted by Crippen LogP contribution is -2.28. The first-order chi connectivity index (χ1) is 11.3. The van der Waals surface area contributed by atoms with E-state index >= 15 is 0 Å². The van der Waals surface area contributed by atoms with E-state index in [4.69, 9.17) is 4.74 Å². The molecule has 1 aliphatic heterocycles. The molecule has 5 heteroatoms. The van der Waals surface area contributed by atoms with Gasteiger partial charge in [-0.3, -0.25) is 0 Å².